The minimum atomic E-state index is -5.42. The van der Waals surface area contributed by atoms with E-state index in [0.717, 1.165) is 38.8 Å². The average molecular weight is 982 g/mol. The van der Waals surface area contributed by atoms with E-state index in [0.29, 0.717) is 35.1 Å². The number of methoxy groups -OCH3 is 2. The second-order valence-corrected chi connectivity index (χ2v) is 19.9. The summed E-state index contributed by atoms with van der Waals surface area (Å²) in [6, 6.07) is 13.9. The smallest absolute Gasteiger partial charge is 0.418 e. The van der Waals surface area contributed by atoms with Gasteiger partial charge in [0.2, 0.25) is 0 Å². The molecule has 3 aromatic carbocycles. The minimum Gasteiger partial charge on any atom is -0.497 e. The van der Waals surface area contributed by atoms with Crippen molar-refractivity contribution in [3.8, 4) is 28.8 Å². The number of carbonyl (C=O) groups excluding carboxylic acids is 1. The van der Waals surface area contributed by atoms with E-state index in [-0.39, 0.29) is 55.3 Å². The van der Waals surface area contributed by atoms with Gasteiger partial charge in [-0.3, -0.25) is 4.90 Å². The van der Waals surface area contributed by atoms with Crippen LogP contribution >= 0.6 is 0 Å². The highest BCUT2D eigenvalue weighted by atomic mass is 19.4. The minimum absolute atomic E-state index is 0.0332. The first-order chi connectivity index (χ1) is 32.9. The fourth-order valence-electron chi connectivity index (χ4n) is 9.91. The Morgan fingerprint density at radius 3 is 1.99 bits per heavy atom. The topological polar surface area (TPSA) is 106 Å². The van der Waals surface area contributed by atoms with Crippen molar-refractivity contribution in [1.82, 2.24) is 24.8 Å². The van der Waals surface area contributed by atoms with Crippen LogP contribution < -0.4 is 24.0 Å². The Labute approximate surface area is 402 Å². The second-order valence-electron chi connectivity index (χ2n) is 19.9. The number of alkyl halides is 6. The first-order valence-electron chi connectivity index (χ1n) is 23.2. The molecule has 5 aromatic rings. The lowest BCUT2D eigenvalue weighted by molar-refractivity contribution is -0.139. The number of rotatable bonds is 13. The van der Waals surface area contributed by atoms with E-state index >= 15 is 30.7 Å². The number of likely N-dealkylation sites (tertiary alicyclic amines) is 2. The third-order valence-corrected chi connectivity index (χ3v) is 13.7. The summed E-state index contributed by atoms with van der Waals surface area (Å²) in [5.41, 5.74) is -6.42. The molecule has 2 aromatic heterocycles. The van der Waals surface area contributed by atoms with Crippen LogP contribution in [0.25, 0.3) is 22.2 Å². The normalized spacial score (nSPS) is 19.2. The molecule has 1 amide bonds. The summed E-state index contributed by atoms with van der Waals surface area (Å²) in [6.07, 6.45) is -8.01. The average Bonchev–Trinajstić information content (AvgIpc) is 3.81. The number of amides is 1. The Balaban J connectivity index is 1.31. The second kappa shape index (κ2) is 18.9. The molecule has 2 saturated heterocycles. The number of likely N-dealkylation sites (N-methyl/N-ethyl adjacent to an activating group) is 2. The zero-order valence-corrected chi connectivity index (χ0v) is 40.7. The Bertz CT molecular complexity index is 2680. The summed E-state index contributed by atoms with van der Waals surface area (Å²) in [7, 11) is 6.51. The predicted molar refractivity (Wildman–Crippen MR) is 251 cm³/mol. The van der Waals surface area contributed by atoms with Crippen molar-refractivity contribution in [2.45, 2.75) is 109 Å². The first kappa shape index (κ1) is 50.3. The van der Waals surface area contributed by atoms with Crippen molar-refractivity contribution >= 4 is 28.6 Å². The van der Waals surface area contributed by atoms with Gasteiger partial charge < -0.3 is 33.6 Å². The van der Waals surface area contributed by atoms with Crippen LogP contribution in [0.1, 0.15) is 81.2 Å². The molecule has 0 unspecified atom stereocenters. The van der Waals surface area contributed by atoms with E-state index in [1.807, 2.05) is 7.05 Å². The molecule has 8 rings (SSSR count). The van der Waals surface area contributed by atoms with Crippen molar-refractivity contribution < 1.29 is 54.5 Å². The number of carbonyl (C=O) groups is 1. The highest BCUT2D eigenvalue weighted by molar-refractivity contribution is 5.95. The molecule has 0 N–H and O–H groups in total. The van der Waals surface area contributed by atoms with Gasteiger partial charge >= 0.3 is 24.5 Å². The van der Waals surface area contributed by atoms with Crippen LogP contribution in [-0.2, 0) is 30.2 Å². The predicted octanol–water partition coefficient (Wildman–Crippen LogP) is 11.1. The molecular formula is C51H58F7N7O5. The monoisotopic (exact) mass is 981 g/mol. The third kappa shape index (κ3) is 10.5. The van der Waals surface area contributed by atoms with E-state index < -0.39 is 80.8 Å². The molecule has 4 heterocycles. The summed E-state index contributed by atoms with van der Waals surface area (Å²) in [6.45, 7) is 9.26. The van der Waals surface area contributed by atoms with E-state index in [4.69, 9.17) is 18.9 Å². The molecule has 1 saturated carbocycles. The number of ether oxygens (including phenoxy) is 4. The number of benzene rings is 3. The summed E-state index contributed by atoms with van der Waals surface area (Å²) < 4.78 is 134. The molecule has 2 aliphatic heterocycles. The molecule has 0 radical (unpaired) electrons. The van der Waals surface area contributed by atoms with Crippen LogP contribution in [-0.4, -0.2) is 103 Å². The van der Waals surface area contributed by atoms with Gasteiger partial charge in [-0.2, -0.15) is 36.3 Å². The number of anilines is 2. The summed E-state index contributed by atoms with van der Waals surface area (Å²) in [4.78, 5) is 33.4. The van der Waals surface area contributed by atoms with Crippen LogP contribution in [0.4, 0.5) is 47.2 Å². The number of aryl methyl sites for hydroxylation is 1. The lowest BCUT2D eigenvalue weighted by Gasteiger charge is -2.33. The zero-order valence-electron chi connectivity index (χ0n) is 40.7. The number of halogens is 7. The van der Waals surface area contributed by atoms with Gasteiger partial charge in [-0.05, 0) is 126 Å². The summed E-state index contributed by atoms with van der Waals surface area (Å²) in [5.74, 6) is -0.912. The quantitative estimate of drug-likeness (QED) is 0.105. The maximum atomic E-state index is 17.9. The van der Waals surface area contributed by atoms with Crippen molar-refractivity contribution in [3.05, 3.63) is 94.3 Å². The fraction of sp³-hybridized carbons (Fsp3) is 0.490. The Morgan fingerprint density at radius 2 is 1.47 bits per heavy atom. The SMILES string of the molecule is COc1ccc(CN(Cc2ccc(OC)cc2)c2cc(C)c(C(F)(F)F)c(-c3c(C(F)(F)F)cc4c(N(C)[C@@H]5CCN(C(=O)OC(C)(C)C)[C@@H]5C)nc(OC[C@@H]5CC6(CC6)CN5C)nc4c3F)n2)cc1. The highest BCUT2D eigenvalue weighted by Gasteiger charge is 2.51. The maximum absolute atomic E-state index is 17.9. The molecule has 19 heteroatoms. The molecule has 12 nitrogen and oxygen atoms in total. The summed E-state index contributed by atoms with van der Waals surface area (Å²) >= 11 is 0. The molecule has 3 atom stereocenters. The van der Waals surface area contributed by atoms with Crippen LogP contribution in [0.2, 0.25) is 0 Å². The zero-order chi connectivity index (χ0) is 50.7. The molecule has 3 aliphatic rings. The van der Waals surface area contributed by atoms with Crippen molar-refractivity contribution in [2.75, 3.05) is 57.8 Å². The standard InChI is InChI=1S/C51H58F7N7O5/c1-29-22-39(64(25-31-10-14-34(67-8)15-11-31)26-32-12-16-35(68-9)17-13-32)59-44(41(29)51(56,57)58)40-37(50(53,54)55)23-36-43(42(40)52)60-46(69-27-33-24-49(19-20-49)28-62(33)6)61-45(36)63(7)38-18-21-65(30(38)2)47(66)70-48(3,4)5/h10-17,22-23,30,33,38H,18-21,24-28H2,1-9H3/t30-,33+,38-/m1/s1. The van der Waals surface area contributed by atoms with Gasteiger partial charge in [-0.25, -0.2) is 14.2 Å². The Morgan fingerprint density at radius 1 is 0.871 bits per heavy atom. The number of hydrogen-bond donors (Lipinski definition) is 0. The van der Waals surface area contributed by atoms with E-state index in [9.17, 15) is 4.79 Å². The number of pyridine rings is 1. The lowest BCUT2D eigenvalue weighted by atomic mass is 9.94. The molecule has 0 bridgehead atoms. The van der Waals surface area contributed by atoms with Crippen LogP contribution in [0.15, 0.2) is 60.7 Å². The molecule has 1 spiro atoms. The summed E-state index contributed by atoms with van der Waals surface area (Å²) in [5, 5.41) is -0.427. The van der Waals surface area contributed by atoms with E-state index in [1.165, 1.54) is 19.1 Å². The van der Waals surface area contributed by atoms with Gasteiger partial charge in [-0.15, -0.1) is 0 Å². The number of nitrogens with zero attached hydrogens (tertiary/aromatic N) is 7. The third-order valence-electron chi connectivity index (χ3n) is 13.7. The molecular weight excluding hydrogens is 924 g/mol. The van der Waals surface area contributed by atoms with Gasteiger partial charge in [0.1, 0.15) is 40.9 Å². The number of fused-ring (bicyclic) bond motifs is 1. The van der Waals surface area contributed by atoms with Gasteiger partial charge in [0.05, 0.1) is 48.7 Å². The fourth-order valence-corrected chi connectivity index (χ4v) is 9.91. The number of aromatic nitrogens is 3. The maximum Gasteiger partial charge on any atom is 0.418 e. The van der Waals surface area contributed by atoms with Crippen LogP contribution in [0, 0.1) is 18.2 Å². The number of hydrogen-bond acceptors (Lipinski definition) is 11. The van der Waals surface area contributed by atoms with E-state index in [1.54, 1.807) is 93.1 Å². The van der Waals surface area contributed by atoms with Crippen LogP contribution in [0.5, 0.6) is 17.5 Å². The van der Waals surface area contributed by atoms with Crippen molar-refractivity contribution in [3.63, 3.8) is 0 Å². The highest BCUT2D eigenvalue weighted by Crippen LogP contribution is 2.54. The van der Waals surface area contributed by atoms with E-state index in [2.05, 4.69) is 19.9 Å². The lowest BCUT2D eigenvalue weighted by Crippen LogP contribution is -2.45. The Kier molecular flexibility index (Phi) is 13.6. The van der Waals surface area contributed by atoms with Crippen LogP contribution in [0.3, 0.4) is 0 Å². The van der Waals surface area contributed by atoms with Gasteiger partial charge in [0, 0.05) is 44.7 Å². The Hall–Kier alpha value is -6.11. The largest absolute Gasteiger partial charge is 0.497 e. The molecule has 70 heavy (non-hydrogen) atoms. The molecule has 1 aliphatic carbocycles. The van der Waals surface area contributed by atoms with Crippen molar-refractivity contribution in [1.29, 1.82) is 0 Å². The first-order valence-corrected chi connectivity index (χ1v) is 23.2. The van der Waals surface area contributed by atoms with Gasteiger partial charge in [0.25, 0.3) is 0 Å². The molecule has 3 fully saturated rings. The molecule has 376 valence electrons. The van der Waals surface area contributed by atoms with Gasteiger partial charge in [-0.1, -0.05) is 24.3 Å². The van der Waals surface area contributed by atoms with Crippen molar-refractivity contribution in [2.24, 2.45) is 5.41 Å². The van der Waals surface area contributed by atoms with Gasteiger partial charge in [0.15, 0.2) is 5.82 Å².